The average molecular weight is 248 g/mol. The van der Waals surface area contributed by atoms with Crippen LogP contribution in [0.2, 0.25) is 0 Å². The van der Waals surface area contributed by atoms with E-state index in [4.69, 9.17) is 4.74 Å². The summed E-state index contributed by atoms with van der Waals surface area (Å²) in [6.45, 7) is 0.118. The molecule has 0 spiro atoms. The fourth-order valence-corrected chi connectivity index (χ4v) is 1.38. The lowest BCUT2D eigenvalue weighted by Gasteiger charge is -2.05. The van der Waals surface area contributed by atoms with Crippen molar-refractivity contribution < 1.29 is 14.1 Å². The normalized spacial score (nSPS) is 10.1. The van der Waals surface area contributed by atoms with E-state index >= 15 is 0 Å². The van der Waals surface area contributed by atoms with Crippen LogP contribution >= 0.6 is 0 Å². The van der Waals surface area contributed by atoms with E-state index < -0.39 is 4.92 Å². The quantitative estimate of drug-likeness (QED) is 0.616. The first-order valence-corrected chi connectivity index (χ1v) is 5.12. The molecule has 0 aliphatic carbocycles. The lowest BCUT2D eigenvalue weighted by Crippen LogP contribution is -1.99. The number of benzene rings is 1. The Kier molecular flexibility index (Phi) is 3.47. The van der Waals surface area contributed by atoms with Gasteiger partial charge in [0.1, 0.15) is 12.4 Å². The van der Waals surface area contributed by atoms with Crippen LogP contribution in [0.5, 0.6) is 5.75 Å². The third kappa shape index (κ3) is 2.79. The molecule has 0 fully saturated rings. The van der Waals surface area contributed by atoms with Gasteiger partial charge in [0.15, 0.2) is 0 Å². The molecule has 6 heteroatoms. The van der Waals surface area contributed by atoms with Crippen molar-refractivity contribution in [3.8, 4) is 5.75 Å². The van der Waals surface area contributed by atoms with Crippen molar-refractivity contribution in [2.75, 3.05) is 0 Å². The van der Waals surface area contributed by atoms with Crippen molar-refractivity contribution in [3.63, 3.8) is 0 Å². The van der Waals surface area contributed by atoms with Gasteiger partial charge in [-0.2, -0.15) is 0 Å². The minimum absolute atomic E-state index is 0.0897. The van der Waals surface area contributed by atoms with Gasteiger partial charge in [-0.15, -0.1) is 0 Å². The standard InChI is InChI=1S/C12H9FN2O3/c13-10-3-1-9(2-4-10)8-18-12-7-14-6-5-11(12)15(16)17/h1-7H,8H2. The van der Waals surface area contributed by atoms with Gasteiger partial charge in [-0.3, -0.25) is 15.1 Å². The summed E-state index contributed by atoms with van der Waals surface area (Å²) < 4.78 is 18.0. The highest BCUT2D eigenvalue weighted by Crippen LogP contribution is 2.25. The Labute approximate surface area is 102 Å². The summed E-state index contributed by atoms with van der Waals surface area (Å²) in [6, 6.07) is 6.97. The van der Waals surface area contributed by atoms with Crippen molar-refractivity contribution in [1.82, 2.24) is 4.98 Å². The van der Waals surface area contributed by atoms with Gasteiger partial charge in [-0.25, -0.2) is 4.39 Å². The number of ether oxygens (including phenoxy) is 1. The molecule has 1 aromatic carbocycles. The highest BCUT2D eigenvalue weighted by atomic mass is 19.1. The van der Waals surface area contributed by atoms with Crippen LogP contribution in [0.25, 0.3) is 0 Å². The zero-order valence-corrected chi connectivity index (χ0v) is 9.25. The molecule has 2 aromatic rings. The van der Waals surface area contributed by atoms with Crippen LogP contribution in [0.4, 0.5) is 10.1 Å². The molecular weight excluding hydrogens is 239 g/mol. The first kappa shape index (κ1) is 12.0. The van der Waals surface area contributed by atoms with Crippen LogP contribution in [0, 0.1) is 15.9 Å². The van der Waals surface area contributed by atoms with Gasteiger partial charge in [0.05, 0.1) is 11.1 Å². The third-order valence-corrected chi connectivity index (χ3v) is 2.27. The largest absolute Gasteiger partial charge is 0.481 e. The molecule has 1 heterocycles. The summed E-state index contributed by atoms with van der Waals surface area (Å²) in [5.74, 6) is -0.252. The van der Waals surface area contributed by atoms with E-state index in [0.717, 1.165) is 5.56 Å². The summed E-state index contributed by atoms with van der Waals surface area (Å²) in [6.07, 6.45) is 2.60. The summed E-state index contributed by atoms with van der Waals surface area (Å²) >= 11 is 0. The number of nitro groups is 1. The molecule has 0 saturated heterocycles. The van der Waals surface area contributed by atoms with Gasteiger partial charge in [-0.05, 0) is 17.7 Å². The minimum atomic E-state index is -0.540. The van der Waals surface area contributed by atoms with Crippen molar-refractivity contribution in [2.24, 2.45) is 0 Å². The maximum Gasteiger partial charge on any atom is 0.314 e. The smallest absolute Gasteiger partial charge is 0.314 e. The Balaban J connectivity index is 2.10. The first-order chi connectivity index (χ1) is 8.66. The summed E-state index contributed by atoms with van der Waals surface area (Å²) in [5, 5.41) is 10.7. The molecule has 0 unspecified atom stereocenters. The fourth-order valence-electron chi connectivity index (χ4n) is 1.38. The third-order valence-electron chi connectivity index (χ3n) is 2.27. The van der Waals surface area contributed by atoms with Gasteiger partial charge in [0.25, 0.3) is 0 Å². The predicted molar refractivity (Wildman–Crippen MR) is 61.6 cm³/mol. The number of nitrogens with zero attached hydrogens (tertiary/aromatic N) is 2. The maximum atomic E-state index is 12.7. The van der Waals surface area contributed by atoms with E-state index in [1.54, 1.807) is 12.1 Å². The zero-order chi connectivity index (χ0) is 13.0. The molecule has 0 bridgehead atoms. The lowest BCUT2D eigenvalue weighted by atomic mass is 10.2. The second-order valence-electron chi connectivity index (χ2n) is 3.52. The molecule has 0 aliphatic rings. The molecule has 0 radical (unpaired) electrons. The van der Waals surface area contributed by atoms with Gasteiger partial charge in [-0.1, -0.05) is 12.1 Å². The van der Waals surface area contributed by atoms with Crippen molar-refractivity contribution in [3.05, 3.63) is 64.2 Å². The average Bonchev–Trinajstić information content (AvgIpc) is 2.38. The van der Waals surface area contributed by atoms with Crippen LogP contribution < -0.4 is 4.74 Å². The van der Waals surface area contributed by atoms with Crippen LogP contribution in [0.3, 0.4) is 0 Å². The Morgan fingerprint density at radius 3 is 2.67 bits per heavy atom. The topological polar surface area (TPSA) is 65.3 Å². The number of pyridine rings is 1. The fraction of sp³-hybridized carbons (Fsp3) is 0.0833. The molecule has 0 saturated carbocycles. The second-order valence-corrected chi connectivity index (χ2v) is 3.52. The number of aromatic nitrogens is 1. The van der Waals surface area contributed by atoms with E-state index in [0.29, 0.717) is 0 Å². The van der Waals surface area contributed by atoms with Gasteiger partial charge >= 0.3 is 5.69 Å². The molecule has 0 amide bonds. The van der Waals surface area contributed by atoms with Crippen LogP contribution in [0.1, 0.15) is 5.56 Å². The molecule has 0 aliphatic heterocycles. The Bertz CT molecular complexity index is 558. The molecular formula is C12H9FN2O3. The number of hydrogen-bond donors (Lipinski definition) is 0. The van der Waals surface area contributed by atoms with E-state index in [1.807, 2.05) is 0 Å². The Hall–Kier alpha value is -2.50. The van der Waals surface area contributed by atoms with Gasteiger partial charge < -0.3 is 4.74 Å². The highest BCUT2D eigenvalue weighted by molar-refractivity contribution is 5.43. The van der Waals surface area contributed by atoms with Crippen LogP contribution in [-0.4, -0.2) is 9.91 Å². The molecule has 1 aromatic heterocycles. The number of rotatable bonds is 4. The SMILES string of the molecule is O=[N+]([O-])c1ccncc1OCc1ccc(F)cc1. The van der Waals surface area contributed by atoms with Gasteiger partial charge in [0, 0.05) is 12.3 Å². The maximum absolute atomic E-state index is 12.7. The van der Waals surface area contributed by atoms with Crippen LogP contribution in [0.15, 0.2) is 42.7 Å². The van der Waals surface area contributed by atoms with Crippen LogP contribution in [-0.2, 0) is 6.61 Å². The van der Waals surface area contributed by atoms with E-state index in [-0.39, 0.29) is 23.9 Å². The highest BCUT2D eigenvalue weighted by Gasteiger charge is 2.14. The summed E-state index contributed by atoms with van der Waals surface area (Å²) in [5.41, 5.74) is 0.571. The molecule has 5 nitrogen and oxygen atoms in total. The Morgan fingerprint density at radius 2 is 2.00 bits per heavy atom. The van der Waals surface area contributed by atoms with E-state index in [2.05, 4.69) is 4.98 Å². The first-order valence-electron chi connectivity index (χ1n) is 5.12. The summed E-state index contributed by atoms with van der Waals surface area (Å²) in [7, 11) is 0. The number of halogens is 1. The van der Waals surface area contributed by atoms with Crippen molar-refractivity contribution >= 4 is 5.69 Å². The minimum Gasteiger partial charge on any atom is -0.481 e. The van der Waals surface area contributed by atoms with Gasteiger partial charge in [0.2, 0.25) is 5.75 Å². The van der Waals surface area contributed by atoms with Crippen molar-refractivity contribution in [2.45, 2.75) is 6.61 Å². The molecule has 0 N–H and O–H groups in total. The second kappa shape index (κ2) is 5.22. The zero-order valence-electron chi connectivity index (χ0n) is 9.25. The molecule has 92 valence electrons. The molecule has 18 heavy (non-hydrogen) atoms. The van der Waals surface area contributed by atoms with E-state index in [9.17, 15) is 14.5 Å². The van der Waals surface area contributed by atoms with Crippen molar-refractivity contribution in [1.29, 1.82) is 0 Å². The predicted octanol–water partition coefficient (Wildman–Crippen LogP) is 2.71. The molecule has 2 rings (SSSR count). The Morgan fingerprint density at radius 1 is 1.28 bits per heavy atom. The van der Waals surface area contributed by atoms with E-state index in [1.165, 1.54) is 30.6 Å². The monoisotopic (exact) mass is 248 g/mol. The lowest BCUT2D eigenvalue weighted by molar-refractivity contribution is -0.386. The molecule has 0 atom stereocenters. The number of hydrogen-bond acceptors (Lipinski definition) is 4. The summed E-state index contributed by atoms with van der Waals surface area (Å²) in [4.78, 5) is 14.0.